The summed E-state index contributed by atoms with van der Waals surface area (Å²) in [6.07, 6.45) is 3.80. The minimum Gasteiger partial charge on any atom is -0.508 e. The summed E-state index contributed by atoms with van der Waals surface area (Å²) in [5, 5.41) is 10.6. The molecule has 5 aromatic rings. The number of hydrogen-bond donors (Lipinski definition) is 2. The van der Waals surface area contributed by atoms with Gasteiger partial charge in [0.15, 0.2) is 0 Å². The SMILES string of the molecule is Oc1ccc(-c2c[nH]c3ncc(-c4ccccc4Oc4ccccc4)cc23)cc1. The monoisotopic (exact) mass is 378 g/mol. The molecule has 5 rings (SSSR count). The summed E-state index contributed by atoms with van der Waals surface area (Å²) in [6, 6.07) is 27.0. The van der Waals surface area contributed by atoms with Gasteiger partial charge in [-0.2, -0.15) is 0 Å². The van der Waals surface area contributed by atoms with Gasteiger partial charge in [-0.25, -0.2) is 4.98 Å². The molecular weight excluding hydrogens is 360 g/mol. The van der Waals surface area contributed by atoms with Crippen molar-refractivity contribution in [2.45, 2.75) is 0 Å². The zero-order chi connectivity index (χ0) is 19.6. The highest BCUT2D eigenvalue weighted by Crippen LogP contribution is 2.36. The average Bonchev–Trinajstić information content (AvgIpc) is 3.19. The van der Waals surface area contributed by atoms with Crippen molar-refractivity contribution in [3.63, 3.8) is 0 Å². The lowest BCUT2D eigenvalue weighted by molar-refractivity contribution is 0.475. The van der Waals surface area contributed by atoms with Crippen molar-refractivity contribution in [2.24, 2.45) is 0 Å². The predicted octanol–water partition coefficient (Wildman–Crippen LogP) is 6.39. The molecule has 0 atom stereocenters. The number of benzene rings is 3. The van der Waals surface area contributed by atoms with Crippen LogP contribution in [0.2, 0.25) is 0 Å². The van der Waals surface area contributed by atoms with E-state index in [0.717, 1.165) is 44.8 Å². The molecule has 140 valence electrons. The van der Waals surface area contributed by atoms with Gasteiger partial charge in [0.25, 0.3) is 0 Å². The summed E-state index contributed by atoms with van der Waals surface area (Å²) in [5.74, 6) is 1.82. The van der Waals surface area contributed by atoms with Gasteiger partial charge in [-0.1, -0.05) is 48.5 Å². The Bertz CT molecular complexity index is 1280. The Morgan fingerprint density at radius 3 is 2.34 bits per heavy atom. The lowest BCUT2D eigenvalue weighted by atomic mass is 10.0. The van der Waals surface area contributed by atoms with E-state index in [2.05, 4.69) is 16.0 Å². The Kier molecular flexibility index (Phi) is 4.22. The van der Waals surface area contributed by atoms with E-state index in [9.17, 15) is 5.11 Å². The molecule has 0 aliphatic carbocycles. The number of aromatic nitrogens is 2. The number of fused-ring (bicyclic) bond motifs is 1. The smallest absolute Gasteiger partial charge is 0.137 e. The van der Waals surface area contributed by atoms with E-state index in [1.165, 1.54) is 0 Å². The van der Waals surface area contributed by atoms with E-state index in [1.54, 1.807) is 12.1 Å². The van der Waals surface area contributed by atoms with Crippen LogP contribution in [0.5, 0.6) is 17.2 Å². The Balaban J connectivity index is 1.59. The molecule has 0 aliphatic heterocycles. The van der Waals surface area contributed by atoms with Crippen LogP contribution in [0.3, 0.4) is 0 Å². The first kappa shape index (κ1) is 17.1. The molecule has 4 heteroatoms. The molecule has 4 nitrogen and oxygen atoms in total. The second-order valence-electron chi connectivity index (χ2n) is 6.78. The minimum atomic E-state index is 0.249. The summed E-state index contributed by atoms with van der Waals surface area (Å²) < 4.78 is 6.12. The molecule has 3 aromatic carbocycles. The molecule has 0 spiro atoms. The third-order valence-electron chi connectivity index (χ3n) is 4.88. The van der Waals surface area contributed by atoms with Gasteiger partial charge in [-0.3, -0.25) is 0 Å². The summed E-state index contributed by atoms with van der Waals surface area (Å²) >= 11 is 0. The summed E-state index contributed by atoms with van der Waals surface area (Å²) in [4.78, 5) is 7.84. The number of ether oxygens (including phenoxy) is 1. The van der Waals surface area contributed by atoms with E-state index in [1.807, 2.05) is 79.1 Å². The van der Waals surface area contributed by atoms with Gasteiger partial charge in [0.1, 0.15) is 22.9 Å². The van der Waals surface area contributed by atoms with Crippen molar-refractivity contribution in [3.05, 3.63) is 97.3 Å². The molecule has 2 heterocycles. The number of hydrogen-bond acceptors (Lipinski definition) is 3. The number of phenols is 1. The second kappa shape index (κ2) is 7.17. The number of pyridine rings is 1. The molecule has 29 heavy (non-hydrogen) atoms. The van der Waals surface area contributed by atoms with E-state index < -0.39 is 0 Å². The molecule has 0 amide bonds. The lowest BCUT2D eigenvalue weighted by Crippen LogP contribution is -1.89. The molecule has 0 bridgehead atoms. The van der Waals surface area contributed by atoms with Crippen LogP contribution >= 0.6 is 0 Å². The summed E-state index contributed by atoms with van der Waals surface area (Å²) in [7, 11) is 0. The van der Waals surface area contributed by atoms with E-state index in [-0.39, 0.29) is 5.75 Å². The number of para-hydroxylation sites is 2. The minimum absolute atomic E-state index is 0.249. The maximum atomic E-state index is 9.58. The molecule has 2 N–H and O–H groups in total. The Morgan fingerprint density at radius 2 is 1.52 bits per heavy atom. The van der Waals surface area contributed by atoms with Crippen LogP contribution < -0.4 is 4.74 Å². The van der Waals surface area contributed by atoms with Crippen molar-refractivity contribution in [1.82, 2.24) is 9.97 Å². The maximum Gasteiger partial charge on any atom is 0.137 e. The van der Waals surface area contributed by atoms with E-state index >= 15 is 0 Å². The van der Waals surface area contributed by atoms with Crippen LogP contribution in [0, 0.1) is 0 Å². The van der Waals surface area contributed by atoms with E-state index in [0.29, 0.717) is 0 Å². The number of aromatic amines is 1. The summed E-state index contributed by atoms with van der Waals surface area (Å²) in [6.45, 7) is 0. The number of aromatic hydroxyl groups is 1. The number of rotatable bonds is 4. The Morgan fingerprint density at radius 1 is 0.759 bits per heavy atom. The van der Waals surface area contributed by atoms with Gasteiger partial charge in [0.2, 0.25) is 0 Å². The van der Waals surface area contributed by atoms with Crippen LogP contribution in [0.1, 0.15) is 0 Å². The van der Waals surface area contributed by atoms with Crippen molar-refractivity contribution < 1.29 is 9.84 Å². The number of H-pyrrole nitrogens is 1. The number of nitrogens with zero attached hydrogens (tertiary/aromatic N) is 1. The molecular formula is C25H18N2O2. The van der Waals surface area contributed by atoms with Gasteiger partial charge < -0.3 is 14.8 Å². The average molecular weight is 378 g/mol. The lowest BCUT2D eigenvalue weighted by Gasteiger charge is -2.11. The topological polar surface area (TPSA) is 58.1 Å². The second-order valence-corrected chi connectivity index (χ2v) is 6.78. The Labute approximate surface area is 168 Å². The van der Waals surface area contributed by atoms with Crippen molar-refractivity contribution >= 4 is 11.0 Å². The van der Waals surface area contributed by atoms with E-state index in [4.69, 9.17) is 4.74 Å². The predicted molar refractivity (Wildman–Crippen MR) is 115 cm³/mol. The first-order valence-corrected chi connectivity index (χ1v) is 9.37. The quantitative estimate of drug-likeness (QED) is 0.381. The molecule has 0 unspecified atom stereocenters. The van der Waals surface area contributed by atoms with Crippen LogP contribution in [0.15, 0.2) is 97.3 Å². The normalized spacial score (nSPS) is 10.9. The van der Waals surface area contributed by atoms with Gasteiger partial charge in [0.05, 0.1) is 0 Å². The Hall–Kier alpha value is -4.05. The summed E-state index contributed by atoms with van der Waals surface area (Å²) in [5.41, 5.74) is 4.82. The molecule has 0 saturated carbocycles. The molecule has 0 radical (unpaired) electrons. The third kappa shape index (κ3) is 3.32. The third-order valence-corrected chi connectivity index (χ3v) is 4.88. The highest BCUT2D eigenvalue weighted by Gasteiger charge is 2.12. The van der Waals surface area contributed by atoms with Gasteiger partial charge in [0, 0.05) is 34.5 Å². The van der Waals surface area contributed by atoms with Crippen molar-refractivity contribution in [2.75, 3.05) is 0 Å². The highest BCUT2D eigenvalue weighted by molar-refractivity contribution is 5.96. The molecule has 0 fully saturated rings. The first-order valence-electron chi connectivity index (χ1n) is 9.37. The standard InChI is InChI=1S/C25H18N2O2/c28-19-12-10-17(11-13-19)23-16-27-25-22(23)14-18(15-26-25)21-8-4-5-9-24(21)29-20-6-2-1-3-7-20/h1-16,28H,(H,26,27). The highest BCUT2D eigenvalue weighted by atomic mass is 16.5. The van der Waals surface area contributed by atoms with Crippen molar-refractivity contribution in [1.29, 1.82) is 0 Å². The number of nitrogens with one attached hydrogen (secondary N) is 1. The molecule has 0 aliphatic rings. The van der Waals surface area contributed by atoms with Crippen LogP contribution in [0.4, 0.5) is 0 Å². The van der Waals surface area contributed by atoms with Gasteiger partial charge in [-0.05, 0) is 42.0 Å². The molecule has 0 saturated heterocycles. The maximum absolute atomic E-state index is 9.58. The first-order chi connectivity index (χ1) is 14.3. The fraction of sp³-hybridized carbons (Fsp3) is 0. The number of phenolic OH excluding ortho intramolecular Hbond substituents is 1. The van der Waals surface area contributed by atoms with Gasteiger partial charge >= 0.3 is 0 Å². The van der Waals surface area contributed by atoms with Crippen molar-refractivity contribution in [3.8, 4) is 39.5 Å². The fourth-order valence-corrected chi connectivity index (χ4v) is 3.44. The molecule has 2 aromatic heterocycles. The zero-order valence-corrected chi connectivity index (χ0v) is 15.5. The largest absolute Gasteiger partial charge is 0.508 e. The van der Waals surface area contributed by atoms with Crippen LogP contribution in [-0.4, -0.2) is 15.1 Å². The van der Waals surface area contributed by atoms with Crippen LogP contribution in [0.25, 0.3) is 33.3 Å². The fourth-order valence-electron chi connectivity index (χ4n) is 3.44. The van der Waals surface area contributed by atoms with Gasteiger partial charge in [-0.15, -0.1) is 0 Å². The van der Waals surface area contributed by atoms with Crippen LogP contribution in [-0.2, 0) is 0 Å². The zero-order valence-electron chi connectivity index (χ0n) is 15.5.